The van der Waals surface area contributed by atoms with Crippen molar-refractivity contribution in [2.24, 2.45) is 0 Å². The van der Waals surface area contributed by atoms with E-state index in [2.05, 4.69) is 16.0 Å². The lowest BCUT2D eigenvalue weighted by atomic mass is 9.93. The number of carbonyl (C=O) groups excluding carboxylic acids is 3. The van der Waals surface area contributed by atoms with E-state index < -0.39 is 53.8 Å². The van der Waals surface area contributed by atoms with Crippen LogP contribution >= 0.6 is 0 Å². The molecule has 1 heterocycles. The molecule has 1 aliphatic heterocycles. The van der Waals surface area contributed by atoms with Gasteiger partial charge >= 0.3 is 12.2 Å². The summed E-state index contributed by atoms with van der Waals surface area (Å²) < 4.78 is 45.8. The van der Waals surface area contributed by atoms with Gasteiger partial charge < -0.3 is 30.7 Å². The molecule has 12 heteroatoms. The predicted octanol–water partition coefficient (Wildman–Crippen LogP) is 5.93. The van der Waals surface area contributed by atoms with Crippen LogP contribution in [0.3, 0.4) is 0 Å². The Morgan fingerprint density at radius 2 is 1.41 bits per heavy atom. The van der Waals surface area contributed by atoms with Crippen LogP contribution in [-0.4, -0.2) is 71.8 Å². The van der Waals surface area contributed by atoms with Crippen LogP contribution in [0, 0.1) is 13.8 Å². The van der Waals surface area contributed by atoms with Crippen LogP contribution in [0.1, 0.15) is 46.2 Å². The molecule has 1 aliphatic rings. The van der Waals surface area contributed by atoms with Crippen LogP contribution in [0.25, 0.3) is 0 Å². The topological polar surface area (TPSA) is 120 Å². The fourth-order valence-electron chi connectivity index (χ4n) is 6.75. The number of carbonyl (C=O) groups is 3. The number of ether oxygens (including phenoxy) is 1. The van der Waals surface area contributed by atoms with E-state index in [0.29, 0.717) is 37.1 Å². The van der Waals surface area contributed by atoms with Crippen molar-refractivity contribution >= 4 is 17.8 Å². The highest BCUT2D eigenvalue weighted by molar-refractivity contribution is 5.88. The van der Waals surface area contributed by atoms with Gasteiger partial charge in [0.15, 0.2) is 6.61 Å². The second-order valence-corrected chi connectivity index (χ2v) is 13.8. The number of aliphatic hydroxyl groups excluding tert-OH is 1. The van der Waals surface area contributed by atoms with Crippen molar-refractivity contribution in [1.82, 2.24) is 20.9 Å². The molecule has 4 N–H and O–H groups in total. The summed E-state index contributed by atoms with van der Waals surface area (Å²) in [6.07, 6.45) is -4.42. The van der Waals surface area contributed by atoms with Gasteiger partial charge in [0.05, 0.1) is 17.7 Å². The van der Waals surface area contributed by atoms with Crippen LogP contribution < -0.4 is 20.7 Å². The number of nitrogens with one attached hydrogen (secondary N) is 3. The third kappa shape index (κ3) is 11.3. The molecular formula is C42H47F3N4O5. The molecule has 1 unspecified atom stereocenters. The minimum Gasteiger partial charge on any atom is -0.483 e. The highest BCUT2D eigenvalue weighted by Crippen LogP contribution is 2.29. The number of halogens is 3. The fourth-order valence-corrected chi connectivity index (χ4v) is 6.75. The summed E-state index contributed by atoms with van der Waals surface area (Å²) in [6, 6.07) is 26.2. The molecule has 54 heavy (non-hydrogen) atoms. The number of benzene rings is 4. The first kappa shape index (κ1) is 39.8. The largest absolute Gasteiger partial charge is 0.483 e. The highest BCUT2D eigenvalue weighted by Gasteiger charge is 2.35. The van der Waals surface area contributed by atoms with Crippen LogP contribution in [0.5, 0.6) is 5.75 Å². The van der Waals surface area contributed by atoms with Gasteiger partial charge in [-0.15, -0.1) is 0 Å². The van der Waals surface area contributed by atoms with Crippen molar-refractivity contribution in [2.75, 3.05) is 19.7 Å². The lowest BCUT2D eigenvalue weighted by molar-refractivity contribution is -0.137. The average molecular weight is 745 g/mol. The minimum absolute atomic E-state index is 0.0228. The maximum absolute atomic E-state index is 14.2. The van der Waals surface area contributed by atoms with Crippen molar-refractivity contribution in [3.05, 3.63) is 137 Å². The van der Waals surface area contributed by atoms with Crippen LogP contribution in [-0.2, 0) is 35.0 Å². The molecule has 0 saturated carbocycles. The quantitative estimate of drug-likeness (QED) is 0.113. The fraction of sp³-hybridized carbons (Fsp3) is 0.357. The maximum atomic E-state index is 14.2. The Morgan fingerprint density at radius 3 is 2.00 bits per heavy atom. The zero-order valence-corrected chi connectivity index (χ0v) is 30.4. The first-order valence-electron chi connectivity index (χ1n) is 18.1. The molecule has 4 amide bonds. The number of rotatable bonds is 16. The first-order valence-corrected chi connectivity index (χ1v) is 18.1. The monoisotopic (exact) mass is 744 g/mol. The van der Waals surface area contributed by atoms with E-state index in [4.69, 9.17) is 4.74 Å². The first-order chi connectivity index (χ1) is 25.9. The Kier molecular flexibility index (Phi) is 13.7. The standard InChI is InChI=1S/C42H47F3N4O5/c1-28-11-9-12-29(2)39(28)54-27-38(51)48-35(24-31-15-7-4-8-16-31)37(50)26-34(23-30-13-5-3-6-14-30)47-40(52)36(49-22-10-21-46-41(49)53)25-32-17-19-33(20-18-32)42(43,44)45/h3-9,11-20,34-37,50H,10,21-27H2,1-2H3,(H,46,53)(H,47,52)(H,48,51)/t34-,35-,36?,37-/m0/s1. The number of aliphatic hydroxyl groups is 1. The Hall–Kier alpha value is -5.36. The third-order valence-corrected chi connectivity index (χ3v) is 9.57. The molecule has 0 aromatic heterocycles. The predicted molar refractivity (Wildman–Crippen MR) is 200 cm³/mol. The SMILES string of the molecule is Cc1cccc(C)c1OCC(=O)N[C@@H](Cc1ccccc1)[C@@H](O)C[C@H](Cc1ccccc1)NC(=O)C(Cc1ccc(C(F)(F)F)cc1)N1CCCNC1=O. The lowest BCUT2D eigenvalue weighted by Crippen LogP contribution is -2.58. The van der Waals surface area contributed by atoms with Gasteiger partial charge in [0.1, 0.15) is 11.8 Å². The number of nitrogens with zero attached hydrogens (tertiary/aromatic N) is 1. The number of aryl methyl sites for hydroxylation is 2. The number of para-hydroxylation sites is 1. The Labute approximate surface area is 313 Å². The van der Waals surface area contributed by atoms with Crippen molar-refractivity contribution in [3.63, 3.8) is 0 Å². The molecule has 9 nitrogen and oxygen atoms in total. The van der Waals surface area contributed by atoms with E-state index in [1.807, 2.05) is 92.7 Å². The number of hydrogen-bond acceptors (Lipinski definition) is 5. The zero-order valence-electron chi connectivity index (χ0n) is 30.4. The van der Waals surface area contributed by atoms with Crippen LogP contribution in [0.2, 0.25) is 0 Å². The van der Waals surface area contributed by atoms with Gasteiger partial charge in [-0.25, -0.2) is 4.79 Å². The normalized spacial score (nSPS) is 15.4. The molecule has 0 aliphatic carbocycles. The molecule has 1 fully saturated rings. The minimum atomic E-state index is -4.52. The van der Waals surface area contributed by atoms with Gasteiger partial charge in [0, 0.05) is 25.6 Å². The number of hydrogen-bond donors (Lipinski definition) is 4. The van der Waals surface area contributed by atoms with Gasteiger partial charge in [-0.2, -0.15) is 13.2 Å². The molecule has 1 saturated heterocycles. The van der Waals surface area contributed by atoms with E-state index in [1.54, 1.807) is 0 Å². The molecule has 0 radical (unpaired) electrons. The van der Waals surface area contributed by atoms with E-state index in [0.717, 1.165) is 34.4 Å². The molecule has 5 rings (SSSR count). The Balaban J connectivity index is 1.37. The second kappa shape index (κ2) is 18.6. The van der Waals surface area contributed by atoms with Gasteiger partial charge in [0.25, 0.3) is 5.91 Å². The summed E-state index contributed by atoms with van der Waals surface area (Å²) >= 11 is 0. The van der Waals surface area contributed by atoms with Gasteiger partial charge in [-0.3, -0.25) is 9.59 Å². The summed E-state index contributed by atoms with van der Waals surface area (Å²) in [6.45, 7) is 4.25. The van der Waals surface area contributed by atoms with Gasteiger partial charge in [0.2, 0.25) is 5.91 Å². The summed E-state index contributed by atoms with van der Waals surface area (Å²) in [5.74, 6) is -0.314. The third-order valence-electron chi connectivity index (χ3n) is 9.57. The molecule has 4 aromatic rings. The average Bonchev–Trinajstić information content (AvgIpc) is 3.14. The smallest absolute Gasteiger partial charge is 0.416 e. The van der Waals surface area contributed by atoms with Gasteiger partial charge in [-0.05, 0) is 79.5 Å². The summed E-state index contributed by atoms with van der Waals surface area (Å²) in [4.78, 5) is 42.0. The number of amides is 4. The highest BCUT2D eigenvalue weighted by atomic mass is 19.4. The van der Waals surface area contributed by atoms with E-state index in [9.17, 15) is 32.7 Å². The maximum Gasteiger partial charge on any atom is 0.416 e. The van der Waals surface area contributed by atoms with E-state index >= 15 is 0 Å². The molecule has 4 atom stereocenters. The van der Waals surface area contributed by atoms with Crippen LogP contribution in [0.15, 0.2) is 103 Å². The van der Waals surface area contributed by atoms with Crippen molar-refractivity contribution in [1.29, 1.82) is 0 Å². The number of urea groups is 1. The Bertz CT molecular complexity index is 1820. The molecule has 0 spiro atoms. The Morgan fingerprint density at radius 1 is 0.815 bits per heavy atom. The van der Waals surface area contributed by atoms with Crippen molar-refractivity contribution in [2.45, 2.75) is 76.4 Å². The van der Waals surface area contributed by atoms with E-state index in [1.165, 1.54) is 17.0 Å². The second-order valence-electron chi connectivity index (χ2n) is 13.8. The lowest BCUT2D eigenvalue weighted by Gasteiger charge is -2.35. The molecule has 0 bridgehead atoms. The summed E-state index contributed by atoms with van der Waals surface area (Å²) in [5, 5.41) is 20.6. The molecular weight excluding hydrogens is 697 g/mol. The zero-order chi connectivity index (χ0) is 38.7. The van der Waals surface area contributed by atoms with Gasteiger partial charge in [-0.1, -0.05) is 91.0 Å². The van der Waals surface area contributed by atoms with Crippen LogP contribution in [0.4, 0.5) is 18.0 Å². The van der Waals surface area contributed by atoms with Crippen molar-refractivity contribution < 1.29 is 37.4 Å². The van der Waals surface area contributed by atoms with E-state index in [-0.39, 0.29) is 26.0 Å². The molecule has 286 valence electrons. The summed E-state index contributed by atoms with van der Waals surface area (Å²) in [7, 11) is 0. The molecule has 4 aromatic carbocycles. The number of alkyl halides is 3. The summed E-state index contributed by atoms with van der Waals surface area (Å²) in [5.41, 5.74) is 3.19. The van der Waals surface area contributed by atoms with Crippen molar-refractivity contribution in [3.8, 4) is 5.75 Å².